The fourth-order valence-corrected chi connectivity index (χ4v) is 1.18. The number of nitrogens with zero attached hydrogens (tertiary/aromatic N) is 5. The molecule has 0 saturated heterocycles. The minimum Gasteiger partial charge on any atom is -0.477 e. The Labute approximate surface area is 95.0 Å². The highest BCUT2D eigenvalue weighted by molar-refractivity contribution is 5.86. The quantitative estimate of drug-likeness (QED) is 0.731. The predicted octanol–water partition coefficient (Wildman–Crippen LogP) is -0.186. The molecular formula is C9H6N6O2. The van der Waals surface area contributed by atoms with Crippen molar-refractivity contribution >= 4 is 11.7 Å². The molecule has 0 aliphatic carbocycles. The Bertz CT molecular complexity index is 627. The molecule has 0 fully saturated rings. The van der Waals surface area contributed by atoms with Crippen molar-refractivity contribution in [3.63, 3.8) is 0 Å². The molecule has 0 amide bonds. The number of carboxylic acids is 1. The molecule has 0 bridgehead atoms. The van der Waals surface area contributed by atoms with E-state index in [9.17, 15) is 4.79 Å². The fraction of sp³-hybridized carbons (Fsp3) is 0. The van der Waals surface area contributed by atoms with Gasteiger partial charge in [0.25, 0.3) is 5.82 Å². The van der Waals surface area contributed by atoms with Crippen molar-refractivity contribution in [1.82, 2.24) is 19.7 Å². The lowest BCUT2D eigenvalue weighted by Crippen LogP contribution is -2.08. The zero-order valence-electron chi connectivity index (χ0n) is 8.40. The molecule has 0 aliphatic rings. The summed E-state index contributed by atoms with van der Waals surface area (Å²) < 4.78 is 1.15. The summed E-state index contributed by atoms with van der Waals surface area (Å²) >= 11 is 0. The van der Waals surface area contributed by atoms with Crippen molar-refractivity contribution in [1.29, 1.82) is 5.26 Å². The SMILES string of the molecule is N#Cc1ncn(-c2nc(C(=O)O)ccc2N)n1. The van der Waals surface area contributed by atoms with Gasteiger partial charge in [-0.3, -0.25) is 0 Å². The Morgan fingerprint density at radius 2 is 2.29 bits per heavy atom. The molecular weight excluding hydrogens is 224 g/mol. The number of hydrogen-bond donors (Lipinski definition) is 2. The van der Waals surface area contributed by atoms with E-state index in [2.05, 4.69) is 15.1 Å². The molecule has 0 aliphatic heterocycles. The Morgan fingerprint density at radius 3 is 2.88 bits per heavy atom. The second-order valence-corrected chi connectivity index (χ2v) is 3.04. The van der Waals surface area contributed by atoms with Gasteiger partial charge in [-0.15, -0.1) is 5.10 Å². The molecule has 3 N–H and O–H groups in total. The van der Waals surface area contributed by atoms with E-state index in [0.717, 1.165) is 4.68 Å². The molecule has 0 aromatic carbocycles. The number of rotatable bonds is 2. The molecule has 8 nitrogen and oxygen atoms in total. The van der Waals surface area contributed by atoms with Crippen molar-refractivity contribution in [2.75, 3.05) is 5.73 Å². The first kappa shape index (κ1) is 10.6. The molecule has 2 heterocycles. The first-order chi connectivity index (χ1) is 8.11. The van der Waals surface area contributed by atoms with E-state index >= 15 is 0 Å². The lowest BCUT2D eigenvalue weighted by Gasteiger charge is -2.04. The molecule has 0 saturated carbocycles. The molecule has 0 radical (unpaired) electrons. The molecule has 2 aromatic heterocycles. The summed E-state index contributed by atoms with van der Waals surface area (Å²) in [4.78, 5) is 18.2. The number of anilines is 1. The van der Waals surface area contributed by atoms with Gasteiger partial charge >= 0.3 is 5.97 Å². The molecule has 0 spiro atoms. The Balaban J connectivity index is 2.54. The highest BCUT2D eigenvalue weighted by atomic mass is 16.4. The van der Waals surface area contributed by atoms with Crippen molar-refractivity contribution in [2.24, 2.45) is 0 Å². The van der Waals surface area contributed by atoms with Gasteiger partial charge in [0.2, 0.25) is 0 Å². The van der Waals surface area contributed by atoms with Crippen LogP contribution in [0.15, 0.2) is 18.5 Å². The van der Waals surface area contributed by atoms with Crippen LogP contribution in [0.3, 0.4) is 0 Å². The van der Waals surface area contributed by atoms with Gasteiger partial charge in [-0.1, -0.05) is 0 Å². The monoisotopic (exact) mass is 230 g/mol. The van der Waals surface area contributed by atoms with E-state index < -0.39 is 5.97 Å². The minimum atomic E-state index is -1.17. The second kappa shape index (κ2) is 3.90. The molecule has 8 heteroatoms. The number of nitrogen functional groups attached to an aromatic ring is 1. The first-order valence-electron chi connectivity index (χ1n) is 4.44. The number of carbonyl (C=O) groups is 1. The Morgan fingerprint density at radius 1 is 1.53 bits per heavy atom. The van der Waals surface area contributed by atoms with Gasteiger partial charge in [0.15, 0.2) is 11.5 Å². The Kier molecular flexibility index (Phi) is 2.42. The van der Waals surface area contributed by atoms with Crippen molar-refractivity contribution in [3.05, 3.63) is 30.0 Å². The van der Waals surface area contributed by atoms with Crippen LogP contribution in [0.25, 0.3) is 5.82 Å². The maximum absolute atomic E-state index is 10.8. The molecule has 2 aromatic rings. The summed E-state index contributed by atoms with van der Waals surface area (Å²) in [5.41, 5.74) is 5.72. The molecule has 0 atom stereocenters. The topological polar surface area (TPSA) is 131 Å². The average Bonchev–Trinajstić information content (AvgIpc) is 2.77. The van der Waals surface area contributed by atoms with E-state index in [-0.39, 0.29) is 23.0 Å². The number of nitriles is 1. The number of aromatic carboxylic acids is 1. The van der Waals surface area contributed by atoms with Crippen LogP contribution < -0.4 is 5.73 Å². The van der Waals surface area contributed by atoms with Crippen LogP contribution >= 0.6 is 0 Å². The number of aromatic nitrogens is 4. The van der Waals surface area contributed by atoms with Crippen LogP contribution in [0.2, 0.25) is 0 Å². The van der Waals surface area contributed by atoms with Crippen LogP contribution in [-0.2, 0) is 0 Å². The highest BCUT2D eigenvalue weighted by Crippen LogP contribution is 2.14. The number of nitrogens with two attached hydrogens (primary N) is 1. The molecule has 84 valence electrons. The van der Waals surface area contributed by atoms with E-state index in [1.54, 1.807) is 6.07 Å². The van der Waals surface area contributed by atoms with Crippen molar-refractivity contribution < 1.29 is 9.90 Å². The van der Waals surface area contributed by atoms with Gasteiger partial charge in [0.1, 0.15) is 12.4 Å². The summed E-state index contributed by atoms with van der Waals surface area (Å²) in [7, 11) is 0. The standard InChI is InChI=1S/C9H6N6O2/c10-3-7-12-4-15(14-7)8-5(11)1-2-6(13-8)9(16)17/h1-2,4H,11H2,(H,16,17). The van der Waals surface area contributed by atoms with Crippen LogP contribution in [-0.4, -0.2) is 30.8 Å². The summed E-state index contributed by atoms with van der Waals surface area (Å²) in [6.45, 7) is 0. The summed E-state index contributed by atoms with van der Waals surface area (Å²) in [6.07, 6.45) is 1.24. The summed E-state index contributed by atoms with van der Waals surface area (Å²) in [5, 5.41) is 21.1. The predicted molar refractivity (Wildman–Crippen MR) is 55.2 cm³/mol. The normalized spacial score (nSPS) is 9.82. The Hall–Kier alpha value is -2.95. The third-order valence-electron chi connectivity index (χ3n) is 1.93. The highest BCUT2D eigenvalue weighted by Gasteiger charge is 2.11. The van der Waals surface area contributed by atoms with Crippen LogP contribution in [0.1, 0.15) is 16.3 Å². The number of hydrogen-bond acceptors (Lipinski definition) is 6. The molecule has 2 rings (SSSR count). The minimum absolute atomic E-state index is 0.0491. The largest absolute Gasteiger partial charge is 0.477 e. The van der Waals surface area contributed by atoms with Gasteiger partial charge in [-0.05, 0) is 12.1 Å². The number of pyridine rings is 1. The van der Waals surface area contributed by atoms with Crippen LogP contribution in [0.5, 0.6) is 0 Å². The second-order valence-electron chi connectivity index (χ2n) is 3.04. The van der Waals surface area contributed by atoms with Crippen molar-refractivity contribution in [3.8, 4) is 11.9 Å². The maximum atomic E-state index is 10.8. The van der Waals surface area contributed by atoms with Crippen LogP contribution in [0, 0.1) is 11.3 Å². The van der Waals surface area contributed by atoms with Gasteiger partial charge in [-0.2, -0.15) is 9.94 Å². The lowest BCUT2D eigenvalue weighted by atomic mass is 10.3. The summed E-state index contributed by atoms with van der Waals surface area (Å²) in [5.74, 6) is -1.10. The zero-order valence-corrected chi connectivity index (χ0v) is 8.40. The van der Waals surface area contributed by atoms with E-state index in [4.69, 9.17) is 16.1 Å². The summed E-state index contributed by atoms with van der Waals surface area (Å²) in [6, 6.07) is 4.43. The smallest absolute Gasteiger partial charge is 0.354 e. The van der Waals surface area contributed by atoms with Crippen molar-refractivity contribution in [2.45, 2.75) is 0 Å². The molecule has 17 heavy (non-hydrogen) atoms. The third kappa shape index (κ3) is 1.89. The first-order valence-corrected chi connectivity index (χ1v) is 4.44. The number of carboxylic acid groups (broad SMARTS) is 1. The van der Waals surface area contributed by atoms with Crippen LogP contribution in [0.4, 0.5) is 5.69 Å². The maximum Gasteiger partial charge on any atom is 0.354 e. The van der Waals surface area contributed by atoms with Gasteiger partial charge in [0.05, 0.1) is 5.69 Å². The molecule has 0 unspecified atom stereocenters. The van der Waals surface area contributed by atoms with E-state index in [1.807, 2.05) is 0 Å². The van der Waals surface area contributed by atoms with E-state index in [0.29, 0.717) is 0 Å². The van der Waals surface area contributed by atoms with Gasteiger partial charge in [-0.25, -0.2) is 14.8 Å². The van der Waals surface area contributed by atoms with E-state index in [1.165, 1.54) is 18.5 Å². The average molecular weight is 230 g/mol. The lowest BCUT2D eigenvalue weighted by molar-refractivity contribution is 0.0690. The van der Waals surface area contributed by atoms with Gasteiger partial charge < -0.3 is 10.8 Å². The third-order valence-corrected chi connectivity index (χ3v) is 1.93. The zero-order chi connectivity index (χ0) is 12.4. The van der Waals surface area contributed by atoms with Gasteiger partial charge in [0, 0.05) is 0 Å². The fourth-order valence-electron chi connectivity index (χ4n) is 1.18.